The lowest BCUT2D eigenvalue weighted by atomic mass is 10.1. The Morgan fingerprint density at radius 3 is 2.58 bits per heavy atom. The van der Waals surface area contributed by atoms with Gasteiger partial charge in [-0.25, -0.2) is 4.79 Å². The summed E-state index contributed by atoms with van der Waals surface area (Å²) in [7, 11) is 0. The van der Waals surface area contributed by atoms with E-state index in [1.807, 2.05) is 27.7 Å². The van der Waals surface area contributed by atoms with Crippen molar-refractivity contribution < 1.29 is 23.8 Å². The third-order valence-electron chi connectivity index (χ3n) is 4.34. The summed E-state index contributed by atoms with van der Waals surface area (Å²) in [5.74, 6) is 0.997. The van der Waals surface area contributed by atoms with E-state index in [-0.39, 0.29) is 18.0 Å². The number of fused-ring (bicyclic) bond motifs is 1. The Balaban J connectivity index is 1.70. The second-order valence-electron chi connectivity index (χ2n) is 7.60. The van der Waals surface area contributed by atoms with Crippen molar-refractivity contribution >= 4 is 12.0 Å². The van der Waals surface area contributed by atoms with Crippen LogP contribution >= 0.6 is 0 Å². The molecule has 0 aliphatic carbocycles. The van der Waals surface area contributed by atoms with Gasteiger partial charge in [-0.05, 0) is 39.8 Å². The molecule has 1 aromatic carbocycles. The molecule has 0 radical (unpaired) electrons. The van der Waals surface area contributed by atoms with Crippen LogP contribution < -0.4 is 9.47 Å². The number of ether oxygens (including phenoxy) is 3. The lowest BCUT2D eigenvalue weighted by Gasteiger charge is -2.40. The van der Waals surface area contributed by atoms with Gasteiger partial charge in [-0.1, -0.05) is 6.07 Å². The SMILES string of the molecule is C[C@@H]1CN(C(=O)OC(C)(C)C)CCN1C(=O)c1cccc2c1OCCO2. The molecule has 0 saturated carbocycles. The maximum atomic E-state index is 13.0. The average Bonchev–Trinajstić information content (AvgIpc) is 2.59. The minimum atomic E-state index is -0.534. The molecule has 0 aromatic heterocycles. The molecule has 142 valence electrons. The number of piperazine rings is 1. The number of carbonyl (C=O) groups excluding carboxylic acids is 2. The van der Waals surface area contributed by atoms with Gasteiger partial charge in [-0.2, -0.15) is 0 Å². The summed E-state index contributed by atoms with van der Waals surface area (Å²) in [4.78, 5) is 28.7. The molecule has 0 bridgehead atoms. The molecule has 2 aliphatic heterocycles. The molecular weight excluding hydrogens is 336 g/mol. The highest BCUT2D eigenvalue weighted by Gasteiger charge is 2.34. The lowest BCUT2D eigenvalue weighted by molar-refractivity contribution is 0.00604. The van der Waals surface area contributed by atoms with Gasteiger partial charge in [0.15, 0.2) is 11.5 Å². The Morgan fingerprint density at radius 1 is 1.15 bits per heavy atom. The Kier molecular flexibility index (Phi) is 4.98. The van der Waals surface area contributed by atoms with Crippen LogP contribution in [0.2, 0.25) is 0 Å². The maximum Gasteiger partial charge on any atom is 0.410 e. The molecule has 1 fully saturated rings. The highest BCUT2D eigenvalue weighted by molar-refractivity contribution is 5.98. The van der Waals surface area contributed by atoms with E-state index in [2.05, 4.69) is 0 Å². The fraction of sp³-hybridized carbons (Fsp3) is 0.579. The fourth-order valence-corrected chi connectivity index (χ4v) is 3.15. The van der Waals surface area contributed by atoms with E-state index in [1.165, 1.54) is 0 Å². The van der Waals surface area contributed by atoms with Crippen LogP contribution in [0.4, 0.5) is 4.79 Å². The number of benzene rings is 1. The first kappa shape index (κ1) is 18.4. The molecule has 26 heavy (non-hydrogen) atoms. The van der Waals surface area contributed by atoms with Gasteiger partial charge in [-0.15, -0.1) is 0 Å². The van der Waals surface area contributed by atoms with E-state index in [4.69, 9.17) is 14.2 Å². The number of rotatable bonds is 1. The predicted octanol–water partition coefficient (Wildman–Crippen LogP) is 2.54. The minimum Gasteiger partial charge on any atom is -0.486 e. The van der Waals surface area contributed by atoms with Crippen LogP contribution in [0, 0.1) is 0 Å². The van der Waals surface area contributed by atoms with Crippen LogP contribution in [0.5, 0.6) is 11.5 Å². The Bertz CT molecular complexity index is 698. The number of carbonyl (C=O) groups is 2. The quantitative estimate of drug-likeness (QED) is 0.768. The second kappa shape index (κ2) is 7.05. The summed E-state index contributed by atoms with van der Waals surface area (Å²) in [6.07, 6.45) is -0.342. The maximum absolute atomic E-state index is 13.0. The van der Waals surface area contributed by atoms with E-state index in [9.17, 15) is 9.59 Å². The normalized spacial score (nSPS) is 19.9. The van der Waals surface area contributed by atoms with Crippen molar-refractivity contribution in [1.29, 1.82) is 0 Å². The van der Waals surface area contributed by atoms with E-state index in [0.717, 1.165) is 0 Å². The topological polar surface area (TPSA) is 68.3 Å². The van der Waals surface area contributed by atoms with E-state index in [0.29, 0.717) is 49.9 Å². The van der Waals surface area contributed by atoms with Crippen molar-refractivity contribution in [1.82, 2.24) is 9.80 Å². The zero-order valence-electron chi connectivity index (χ0n) is 15.8. The second-order valence-corrected chi connectivity index (χ2v) is 7.60. The fourth-order valence-electron chi connectivity index (χ4n) is 3.15. The van der Waals surface area contributed by atoms with Crippen LogP contribution in [0.3, 0.4) is 0 Å². The summed E-state index contributed by atoms with van der Waals surface area (Å²) >= 11 is 0. The molecule has 7 nitrogen and oxygen atoms in total. The minimum absolute atomic E-state index is 0.108. The van der Waals surface area contributed by atoms with Crippen molar-refractivity contribution in [3.05, 3.63) is 23.8 Å². The lowest BCUT2D eigenvalue weighted by Crippen LogP contribution is -2.56. The van der Waals surface area contributed by atoms with Crippen LogP contribution in [0.1, 0.15) is 38.1 Å². The third kappa shape index (κ3) is 3.86. The average molecular weight is 362 g/mol. The van der Waals surface area contributed by atoms with Gasteiger partial charge in [0.2, 0.25) is 0 Å². The monoisotopic (exact) mass is 362 g/mol. The highest BCUT2D eigenvalue weighted by atomic mass is 16.6. The Morgan fingerprint density at radius 2 is 1.88 bits per heavy atom. The van der Waals surface area contributed by atoms with Gasteiger partial charge in [-0.3, -0.25) is 4.79 Å². The number of hydrogen-bond acceptors (Lipinski definition) is 5. The van der Waals surface area contributed by atoms with Gasteiger partial charge >= 0.3 is 6.09 Å². The Hall–Kier alpha value is -2.44. The van der Waals surface area contributed by atoms with Gasteiger partial charge in [0.05, 0.1) is 5.56 Å². The smallest absolute Gasteiger partial charge is 0.410 e. The molecule has 1 saturated heterocycles. The molecule has 2 aliphatic rings. The van der Waals surface area contributed by atoms with Crippen LogP contribution in [-0.2, 0) is 4.74 Å². The summed E-state index contributed by atoms with van der Waals surface area (Å²) in [5, 5.41) is 0. The molecule has 7 heteroatoms. The van der Waals surface area contributed by atoms with Crippen LogP contribution in [0.25, 0.3) is 0 Å². The van der Waals surface area contributed by atoms with Crippen LogP contribution in [0.15, 0.2) is 18.2 Å². The molecule has 0 unspecified atom stereocenters. The zero-order chi connectivity index (χ0) is 18.9. The van der Waals surface area contributed by atoms with Gasteiger partial charge in [0.1, 0.15) is 18.8 Å². The molecule has 0 spiro atoms. The predicted molar refractivity (Wildman–Crippen MR) is 95.7 cm³/mol. The molecule has 3 rings (SSSR count). The summed E-state index contributed by atoms with van der Waals surface area (Å²) in [6, 6.07) is 5.23. The third-order valence-corrected chi connectivity index (χ3v) is 4.34. The number of nitrogens with zero attached hydrogens (tertiary/aromatic N) is 2. The van der Waals surface area contributed by atoms with Crippen LogP contribution in [-0.4, -0.2) is 66.3 Å². The largest absolute Gasteiger partial charge is 0.486 e. The first-order chi connectivity index (χ1) is 12.3. The summed E-state index contributed by atoms with van der Waals surface area (Å²) in [5.41, 5.74) is -0.0342. The number of hydrogen-bond donors (Lipinski definition) is 0. The standard InChI is InChI=1S/C19H26N2O5/c1-13-12-20(18(23)26-19(2,3)4)8-9-21(13)17(22)14-6-5-7-15-16(14)25-11-10-24-15/h5-7,13H,8-12H2,1-4H3/t13-/m1/s1. The van der Waals surface area contributed by atoms with Crippen molar-refractivity contribution in [3.63, 3.8) is 0 Å². The Labute approximate surface area is 153 Å². The highest BCUT2D eigenvalue weighted by Crippen LogP contribution is 2.34. The first-order valence-electron chi connectivity index (χ1n) is 8.94. The van der Waals surface area contributed by atoms with E-state index < -0.39 is 5.60 Å². The van der Waals surface area contributed by atoms with Crippen molar-refractivity contribution in [2.75, 3.05) is 32.8 Å². The van der Waals surface area contributed by atoms with E-state index in [1.54, 1.807) is 28.0 Å². The van der Waals surface area contributed by atoms with Crippen molar-refractivity contribution in [3.8, 4) is 11.5 Å². The summed E-state index contributed by atoms with van der Waals surface area (Å²) < 4.78 is 16.6. The number of amides is 2. The van der Waals surface area contributed by atoms with Crippen molar-refractivity contribution in [2.45, 2.75) is 39.3 Å². The molecule has 1 atom stereocenters. The van der Waals surface area contributed by atoms with E-state index >= 15 is 0 Å². The zero-order valence-corrected chi connectivity index (χ0v) is 15.8. The molecule has 2 amide bonds. The molecule has 2 heterocycles. The molecular formula is C19H26N2O5. The summed E-state index contributed by atoms with van der Waals surface area (Å²) in [6.45, 7) is 9.70. The van der Waals surface area contributed by atoms with Gasteiger partial charge < -0.3 is 24.0 Å². The van der Waals surface area contributed by atoms with Crippen molar-refractivity contribution in [2.24, 2.45) is 0 Å². The first-order valence-corrected chi connectivity index (χ1v) is 8.94. The number of para-hydroxylation sites is 1. The van der Waals surface area contributed by atoms with Gasteiger partial charge in [0, 0.05) is 25.7 Å². The van der Waals surface area contributed by atoms with Gasteiger partial charge in [0.25, 0.3) is 5.91 Å². The molecule has 1 aromatic rings. The molecule has 0 N–H and O–H groups in total.